The first kappa shape index (κ1) is 12.6. The molecule has 0 saturated carbocycles. The standard InChI is InChI=1S/C8H13N3O5S/c9-17-2-1-11(8(15)10-17)7-6(14)5(13)4(3-12)16-7/h1-2,4-7,12-14H,3H2,(H2,9,10,15)/t4-,5-,6-,7-,17?/m1/s1. The van der Waals surface area contributed by atoms with Gasteiger partial charge in [-0.25, -0.2) is 4.79 Å². The van der Waals surface area contributed by atoms with Crippen molar-refractivity contribution >= 4 is 16.9 Å². The van der Waals surface area contributed by atoms with Crippen molar-refractivity contribution in [3.8, 4) is 0 Å². The summed E-state index contributed by atoms with van der Waals surface area (Å²) < 4.78 is 8.78. The molecule has 17 heavy (non-hydrogen) atoms. The molecule has 5 atom stereocenters. The molecule has 0 aromatic rings. The van der Waals surface area contributed by atoms with Crippen LogP contribution < -0.4 is 5.14 Å². The van der Waals surface area contributed by atoms with Crippen molar-refractivity contribution in [3.63, 3.8) is 0 Å². The second kappa shape index (κ2) is 4.80. The molecule has 2 heterocycles. The van der Waals surface area contributed by atoms with E-state index in [9.17, 15) is 15.0 Å². The number of aliphatic hydroxyl groups is 3. The highest BCUT2D eigenvalue weighted by Crippen LogP contribution is 2.25. The zero-order chi connectivity index (χ0) is 12.6. The first-order chi connectivity index (χ1) is 8.04. The SMILES string of the molecule is NS1=NC(=O)N([C@@H]2O[C@H](CO)[C@@H](O)[C@H]2O)C=C1. The summed E-state index contributed by atoms with van der Waals surface area (Å²) in [5.74, 6) is 0. The average molecular weight is 263 g/mol. The molecule has 0 aromatic carbocycles. The smallest absolute Gasteiger partial charge is 0.357 e. The molecule has 96 valence electrons. The summed E-state index contributed by atoms with van der Waals surface area (Å²) in [7, 11) is -0.967. The number of aliphatic hydroxyl groups excluding tert-OH is 3. The molecule has 2 aliphatic heterocycles. The van der Waals surface area contributed by atoms with E-state index in [1.807, 2.05) is 0 Å². The number of carbonyl (C=O) groups is 1. The number of carbonyl (C=O) groups excluding carboxylic acids is 1. The monoisotopic (exact) mass is 263 g/mol. The predicted molar refractivity (Wildman–Crippen MR) is 58.1 cm³/mol. The number of nitrogens with two attached hydrogens (primary N) is 1. The van der Waals surface area contributed by atoms with E-state index in [2.05, 4.69) is 4.36 Å². The molecule has 1 saturated heterocycles. The van der Waals surface area contributed by atoms with Gasteiger partial charge in [-0.15, -0.1) is 0 Å². The lowest BCUT2D eigenvalue weighted by Crippen LogP contribution is -2.44. The quantitative estimate of drug-likeness (QED) is 0.456. The van der Waals surface area contributed by atoms with Crippen LogP contribution in [0.5, 0.6) is 0 Å². The third kappa shape index (κ3) is 2.25. The van der Waals surface area contributed by atoms with Gasteiger partial charge in [-0.2, -0.15) is 4.36 Å². The number of rotatable bonds is 2. The zero-order valence-corrected chi connectivity index (χ0v) is 9.53. The Hall–Kier alpha value is -0.840. The van der Waals surface area contributed by atoms with Crippen molar-refractivity contribution in [1.29, 1.82) is 0 Å². The van der Waals surface area contributed by atoms with E-state index in [-0.39, 0.29) is 0 Å². The fraction of sp³-hybridized carbons (Fsp3) is 0.625. The van der Waals surface area contributed by atoms with Crippen molar-refractivity contribution in [2.24, 2.45) is 9.50 Å². The summed E-state index contributed by atoms with van der Waals surface area (Å²) in [6.45, 7) is -0.446. The largest absolute Gasteiger partial charge is 0.394 e. The number of urea groups is 1. The lowest BCUT2D eigenvalue weighted by Gasteiger charge is -2.27. The van der Waals surface area contributed by atoms with Crippen LogP contribution in [-0.4, -0.2) is 57.4 Å². The van der Waals surface area contributed by atoms with Crippen LogP contribution in [0, 0.1) is 0 Å². The lowest BCUT2D eigenvalue weighted by molar-refractivity contribution is -0.0639. The van der Waals surface area contributed by atoms with Gasteiger partial charge in [0.05, 0.1) is 6.61 Å². The molecule has 5 N–H and O–H groups in total. The second-order valence-corrected chi connectivity index (χ2v) is 4.79. The summed E-state index contributed by atoms with van der Waals surface area (Å²) in [6.07, 6.45) is -3.17. The van der Waals surface area contributed by atoms with Crippen LogP contribution in [0.1, 0.15) is 0 Å². The van der Waals surface area contributed by atoms with Crippen molar-refractivity contribution in [2.75, 3.05) is 6.61 Å². The number of nitrogens with zero attached hydrogens (tertiary/aromatic N) is 2. The number of ether oxygens (including phenoxy) is 1. The molecule has 0 aliphatic carbocycles. The molecule has 2 aliphatic rings. The fourth-order valence-electron chi connectivity index (χ4n) is 1.66. The van der Waals surface area contributed by atoms with Gasteiger partial charge in [0, 0.05) is 22.5 Å². The van der Waals surface area contributed by atoms with Crippen LogP contribution in [0.2, 0.25) is 0 Å². The molecule has 0 spiro atoms. The van der Waals surface area contributed by atoms with Gasteiger partial charge in [-0.1, -0.05) is 0 Å². The van der Waals surface area contributed by atoms with Gasteiger partial charge < -0.3 is 20.1 Å². The Morgan fingerprint density at radius 3 is 2.76 bits per heavy atom. The van der Waals surface area contributed by atoms with E-state index in [0.29, 0.717) is 0 Å². The van der Waals surface area contributed by atoms with Crippen LogP contribution in [0.15, 0.2) is 16.0 Å². The third-order valence-electron chi connectivity index (χ3n) is 2.56. The molecule has 2 rings (SSSR count). The van der Waals surface area contributed by atoms with Crippen LogP contribution >= 0.6 is 0 Å². The molecule has 2 amide bonds. The van der Waals surface area contributed by atoms with Gasteiger partial charge in [0.25, 0.3) is 0 Å². The van der Waals surface area contributed by atoms with Crippen molar-refractivity contribution < 1.29 is 24.9 Å². The zero-order valence-electron chi connectivity index (χ0n) is 8.71. The molecule has 8 nitrogen and oxygen atoms in total. The summed E-state index contributed by atoms with van der Waals surface area (Å²) in [6, 6.07) is -0.645. The predicted octanol–water partition coefficient (Wildman–Crippen LogP) is -1.99. The normalized spacial score (nSPS) is 41.8. The fourth-order valence-corrected chi connectivity index (χ4v) is 2.25. The van der Waals surface area contributed by atoms with Gasteiger partial charge in [0.15, 0.2) is 6.23 Å². The van der Waals surface area contributed by atoms with Crippen LogP contribution in [0.3, 0.4) is 0 Å². The highest BCUT2D eigenvalue weighted by Gasteiger charge is 2.46. The Bertz CT molecular complexity index is 387. The Kier molecular flexibility index (Phi) is 3.56. The highest BCUT2D eigenvalue weighted by atomic mass is 32.2. The maximum Gasteiger partial charge on any atom is 0.357 e. The summed E-state index contributed by atoms with van der Waals surface area (Å²) >= 11 is 0. The Morgan fingerprint density at radius 1 is 1.53 bits per heavy atom. The molecule has 0 radical (unpaired) electrons. The summed E-state index contributed by atoms with van der Waals surface area (Å²) in [4.78, 5) is 12.6. The minimum atomic E-state index is -1.30. The van der Waals surface area contributed by atoms with E-state index in [1.165, 1.54) is 11.6 Å². The van der Waals surface area contributed by atoms with Crippen LogP contribution in [0.25, 0.3) is 0 Å². The van der Waals surface area contributed by atoms with Gasteiger partial charge in [-0.3, -0.25) is 10.0 Å². The Morgan fingerprint density at radius 2 is 2.24 bits per heavy atom. The molecular formula is C8H13N3O5S. The van der Waals surface area contributed by atoms with Gasteiger partial charge in [0.2, 0.25) is 0 Å². The average Bonchev–Trinajstić information content (AvgIpc) is 2.57. The van der Waals surface area contributed by atoms with Gasteiger partial charge in [-0.05, 0) is 0 Å². The molecule has 9 heteroatoms. The Balaban J connectivity index is 2.15. The molecule has 1 fully saturated rings. The van der Waals surface area contributed by atoms with E-state index >= 15 is 0 Å². The summed E-state index contributed by atoms with van der Waals surface area (Å²) in [5.41, 5.74) is 0. The molecule has 0 bridgehead atoms. The second-order valence-electron chi connectivity index (χ2n) is 3.64. The van der Waals surface area contributed by atoms with E-state index < -0.39 is 48.1 Å². The van der Waals surface area contributed by atoms with Crippen molar-refractivity contribution in [1.82, 2.24) is 4.90 Å². The van der Waals surface area contributed by atoms with E-state index in [4.69, 9.17) is 15.0 Å². The number of hydrogen-bond acceptors (Lipinski definition) is 6. The molecule has 0 aromatic heterocycles. The Labute approximate surface area is 99.5 Å². The first-order valence-electron chi connectivity index (χ1n) is 4.87. The maximum atomic E-state index is 11.5. The minimum Gasteiger partial charge on any atom is -0.394 e. The first-order valence-corrected chi connectivity index (χ1v) is 6.18. The highest BCUT2D eigenvalue weighted by molar-refractivity contribution is 7.88. The van der Waals surface area contributed by atoms with E-state index in [1.54, 1.807) is 0 Å². The lowest BCUT2D eigenvalue weighted by atomic mass is 10.1. The maximum absolute atomic E-state index is 11.5. The minimum absolute atomic E-state index is 0.446. The summed E-state index contributed by atoms with van der Waals surface area (Å²) in [5, 5.41) is 35.1. The molecule has 1 unspecified atom stereocenters. The topological polar surface area (TPSA) is 129 Å². The van der Waals surface area contributed by atoms with Crippen molar-refractivity contribution in [3.05, 3.63) is 11.6 Å². The van der Waals surface area contributed by atoms with Gasteiger partial charge in [0.1, 0.15) is 18.3 Å². The number of hydrogen-bond donors (Lipinski definition) is 4. The van der Waals surface area contributed by atoms with Crippen LogP contribution in [0.4, 0.5) is 4.79 Å². The van der Waals surface area contributed by atoms with Crippen molar-refractivity contribution in [2.45, 2.75) is 24.5 Å². The third-order valence-corrected chi connectivity index (χ3v) is 3.32. The van der Waals surface area contributed by atoms with Gasteiger partial charge >= 0.3 is 6.03 Å². The van der Waals surface area contributed by atoms with E-state index in [0.717, 1.165) is 4.90 Å². The van der Waals surface area contributed by atoms with Crippen LogP contribution in [-0.2, 0) is 15.6 Å². The number of amides is 2. The molecular weight excluding hydrogens is 250 g/mol.